The molecular weight excluding hydrogens is 409 g/mol. The van der Waals surface area contributed by atoms with Crippen molar-refractivity contribution < 1.29 is 23.4 Å². The van der Waals surface area contributed by atoms with Crippen LogP contribution < -0.4 is 4.74 Å². The topological polar surface area (TPSA) is 68.6 Å². The minimum Gasteiger partial charge on any atom is -0.491 e. The molecule has 4 rings (SSSR count). The minimum absolute atomic E-state index is 0.000108. The molecule has 1 saturated carbocycles. The second-order valence-corrected chi connectivity index (χ2v) is 9.01. The van der Waals surface area contributed by atoms with Crippen LogP contribution in [-0.2, 0) is 14.3 Å². The van der Waals surface area contributed by atoms with Crippen molar-refractivity contribution in [2.24, 2.45) is 5.92 Å². The molecule has 1 heterocycles. The Morgan fingerprint density at radius 1 is 1.25 bits per heavy atom. The van der Waals surface area contributed by atoms with E-state index >= 15 is 0 Å². The maximum atomic E-state index is 13.6. The van der Waals surface area contributed by atoms with Crippen LogP contribution in [0.15, 0.2) is 42.5 Å². The van der Waals surface area contributed by atoms with Crippen molar-refractivity contribution in [3.05, 3.63) is 65.0 Å². The molecule has 0 bridgehead atoms. The molecule has 1 spiro atoms. The molecular formula is C26H28FNO4. The van der Waals surface area contributed by atoms with E-state index in [0.29, 0.717) is 31.4 Å². The molecule has 1 aliphatic heterocycles. The lowest BCUT2D eigenvalue weighted by Gasteiger charge is -2.33. The highest BCUT2D eigenvalue weighted by atomic mass is 19.1. The van der Waals surface area contributed by atoms with Crippen LogP contribution in [0.25, 0.3) is 0 Å². The molecule has 0 amide bonds. The van der Waals surface area contributed by atoms with Crippen LogP contribution in [0.3, 0.4) is 0 Å². The number of rotatable bonds is 5. The Labute approximate surface area is 188 Å². The van der Waals surface area contributed by atoms with Gasteiger partial charge in [0.15, 0.2) is 0 Å². The number of carbonyl (C=O) groups excluding carboxylic acids is 1. The molecule has 0 N–H and O–H groups in total. The zero-order valence-corrected chi connectivity index (χ0v) is 18.6. The number of methoxy groups -OCH3 is 1. The SMILES string of the molecule is COC(=O)[C@H]1CC[C@@]2(C[C@@H](c3cc(C#N)ccc3OC(C)C)CO2)[C@@H]1c1ccc(F)cc1. The fraction of sp³-hybridized carbons (Fsp3) is 0.462. The largest absolute Gasteiger partial charge is 0.491 e. The van der Waals surface area contributed by atoms with Gasteiger partial charge in [0.2, 0.25) is 0 Å². The fourth-order valence-corrected chi connectivity index (χ4v) is 5.39. The third kappa shape index (κ3) is 4.10. The van der Waals surface area contributed by atoms with Gasteiger partial charge in [-0.2, -0.15) is 5.26 Å². The molecule has 0 radical (unpaired) electrons. The normalized spacial score (nSPS) is 26.9. The Bertz CT molecular complexity index is 1030. The van der Waals surface area contributed by atoms with Crippen LogP contribution in [0.5, 0.6) is 5.75 Å². The smallest absolute Gasteiger partial charge is 0.309 e. The van der Waals surface area contributed by atoms with Crippen molar-refractivity contribution in [1.82, 2.24) is 0 Å². The summed E-state index contributed by atoms with van der Waals surface area (Å²) in [4.78, 5) is 12.6. The monoisotopic (exact) mass is 437 g/mol. The van der Waals surface area contributed by atoms with Crippen LogP contribution in [0.4, 0.5) is 4.39 Å². The number of benzene rings is 2. The number of hydrogen-bond donors (Lipinski definition) is 0. The van der Waals surface area contributed by atoms with Gasteiger partial charge < -0.3 is 14.2 Å². The van der Waals surface area contributed by atoms with E-state index in [4.69, 9.17) is 14.2 Å². The Morgan fingerprint density at radius 3 is 2.66 bits per heavy atom. The predicted octanol–water partition coefficient (Wildman–Crippen LogP) is 5.09. The van der Waals surface area contributed by atoms with Gasteiger partial charge >= 0.3 is 5.97 Å². The summed E-state index contributed by atoms with van der Waals surface area (Å²) in [5.74, 6) is -0.375. The molecule has 2 aliphatic rings. The third-order valence-corrected chi connectivity index (χ3v) is 6.69. The maximum absolute atomic E-state index is 13.6. The number of hydrogen-bond acceptors (Lipinski definition) is 5. The van der Waals surface area contributed by atoms with E-state index < -0.39 is 5.60 Å². The summed E-state index contributed by atoms with van der Waals surface area (Å²) in [7, 11) is 1.40. The minimum atomic E-state index is -0.556. The molecule has 32 heavy (non-hydrogen) atoms. The second kappa shape index (κ2) is 8.91. The molecule has 4 atom stereocenters. The second-order valence-electron chi connectivity index (χ2n) is 9.01. The van der Waals surface area contributed by atoms with Crippen molar-refractivity contribution >= 4 is 5.97 Å². The number of carbonyl (C=O) groups is 1. The van der Waals surface area contributed by atoms with Crippen LogP contribution in [0.2, 0.25) is 0 Å². The quantitative estimate of drug-likeness (QED) is 0.609. The van der Waals surface area contributed by atoms with E-state index in [1.165, 1.54) is 19.2 Å². The first-order valence-corrected chi connectivity index (χ1v) is 11.0. The molecule has 1 aliphatic carbocycles. The first kappa shape index (κ1) is 22.3. The highest BCUT2D eigenvalue weighted by Gasteiger charge is 2.56. The van der Waals surface area contributed by atoms with Crippen LogP contribution in [0, 0.1) is 23.1 Å². The molecule has 2 aromatic rings. The number of nitriles is 1. The molecule has 5 nitrogen and oxygen atoms in total. The molecule has 0 aromatic heterocycles. The molecule has 2 aromatic carbocycles. The van der Waals surface area contributed by atoms with Gasteiger partial charge in [-0.05, 0) is 69.0 Å². The highest BCUT2D eigenvalue weighted by molar-refractivity contribution is 5.74. The van der Waals surface area contributed by atoms with E-state index in [9.17, 15) is 14.4 Å². The van der Waals surface area contributed by atoms with Gasteiger partial charge in [0, 0.05) is 17.4 Å². The van der Waals surface area contributed by atoms with Gasteiger partial charge in [0.1, 0.15) is 11.6 Å². The Morgan fingerprint density at radius 2 is 2.00 bits per heavy atom. The van der Waals surface area contributed by atoms with Crippen molar-refractivity contribution in [2.75, 3.05) is 13.7 Å². The lowest BCUT2D eigenvalue weighted by Crippen LogP contribution is -2.35. The Balaban J connectivity index is 1.70. The van der Waals surface area contributed by atoms with Gasteiger partial charge in [-0.1, -0.05) is 12.1 Å². The summed E-state index contributed by atoms with van der Waals surface area (Å²) in [5, 5.41) is 9.41. The van der Waals surface area contributed by atoms with E-state index in [-0.39, 0.29) is 35.6 Å². The van der Waals surface area contributed by atoms with Crippen LogP contribution >= 0.6 is 0 Å². The van der Waals surface area contributed by atoms with E-state index in [0.717, 1.165) is 16.9 Å². The van der Waals surface area contributed by atoms with Crippen LogP contribution in [0.1, 0.15) is 61.6 Å². The van der Waals surface area contributed by atoms with Crippen molar-refractivity contribution in [3.8, 4) is 11.8 Å². The summed E-state index contributed by atoms with van der Waals surface area (Å²) < 4.78 is 31.2. The standard InChI is InChI=1S/C26H28FNO4/c1-16(2)32-23-9-4-17(14-28)12-22(23)19-13-26(31-15-19)11-10-21(25(29)30-3)24(26)18-5-7-20(27)8-6-18/h4-9,12,16,19,21,24H,10-11,13,15H2,1-3H3/t19-,21+,24-,26-/m1/s1. The third-order valence-electron chi connectivity index (χ3n) is 6.69. The Hall–Kier alpha value is -2.91. The number of ether oxygens (including phenoxy) is 3. The zero-order chi connectivity index (χ0) is 22.9. The average Bonchev–Trinajstić information content (AvgIpc) is 3.38. The summed E-state index contributed by atoms with van der Waals surface area (Å²) in [5.41, 5.74) is 1.85. The van der Waals surface area contributed by atoms with Gasteiger partial charge in [0.25, 0.3) is 0 Å². The lowest BCUT2D eigenvalue weighted by atomic mass is 9.76. The number of halogens is 1. The predicted molar refractivity (Wildman–Crippen MR) is 117 cm³/mol. The molecule has 0 unspecified atom stereocenters. The summed E-state index contributed by atoms with van der Waals surface area (Å²) in [6, 6.07) is 14.0. The van der Waals surface area contributed by atoms with Gasteiger partial charge in [0.05, 0.1) is 43.0 Å². The average molecular weight is 438 g/mol. The fourth-order valence-electron chi connectivity index (χ4n) is 5.39. The van der Waals surface area contributed by atoms with E-state index in [1.807, 2.05) is 26.0 Å². The number of esters is 1. The molecule has 6 heteroatoms. The first-order chi connectivity index (χ1) is 15.4. The Kier molecular flexibility index (Phi) is 6.21. The zero-order valence-electron chi connectivity index (χ0n) is 18.6. The molecule has 2 fully saturated rings. The summed E-state index contributed by atoms with van der Waals surface area (Å²) >= 11 is 0. The van der Waals surface area contributed by atoms with E-state index in [1.54, 1.807) is 18.2 Å². The maximum Gasteiger partial charge on any atom is 0.309 e. The van der Waals surface area contributed by atoms with Gasteiger partial charge in [-0.25, -0.2) is 4.39 Å². The van der Waals surface area contributed by atoms with Gasteiger partial charge in [-0.15, -0.1) is 0 Å². The van der Waals surface area contributed by atoms with Crippen LogP contribution in [-0.4, -0.2) is 31.4 Å². The summed E-state index contributed by atoms with van der Waals surface area (Å²) in [6.45, 7) is 4.41. The first-order valence-electron chi connectivity index (χ1n) is 11.0. The van der Waals surface area contributed by atoms with Crippen molar-refractivity contribution in [3.63, 3.8) is 0 Å². The van der Waals surface area contributed by atoms with E-state index in [2.05, 4.69) is 6.07 Å². The highest BCUT2D eigenvalue weighted by Crippen LogP contribution is 2.57. The molecule has 1 saturated heterocycles. The van der Waals surface area contributed by atoms with Crippen molar-refractivity contribution in [1.29, 1.82) is 5.26 Å². The lowest BCUT2D eigenvalue weighted by molar-refractivity contribution is -0.146. The number of nitrogens with zero attached hydrogens (tertiary/aromatic N) is 1. The van der Waals surface area contributed by atoms with Crippen molar-refractivity contribution in [2.45, 2.75) is 56.7 Å². The summed E-state index contributed by atoms with van der Waals surface area (Å²) in [6.07, 6.45) is 2.05. The molecule has 168 valence electrons. The van der Waals surface area contributed by atoms with Gasteiger partial charge in [-0.3, -0.25) is 4.79 Å².